The summed E-state index contributed by atoms with van der Waals surface area (Å²) in [5.41, 5.74) is 0.894. The van der Waals surface area contributed by atoms with E-state index in [1.54, 1.807) is 24.3 Å². The lowest BCUT2D eigenvalue weighted by Gasteiger charge is -2.28. The Bertz CT molecular complexity index is 695. The summed E-state index contributed by atoms with van der Waals surface area (Å²) in [5.74, 6) is 1.03. The molecule has 1 aliphatic heterocycles. The third kappa shape index (κ3) is 5.28. The molecule has 0 saturated carbocycles. The van der Waals surface area contributed by atoms with Crippen LogP contribution in [0.3, 0.4) is 0 Å². The Balaban J connectivity index is 1.92. The first-order valence-corrected chi connectivity index (χ1v) is 10.7. The average molecular weight is 382 g/mol. The Morgan fingerprint density at radius 3 is 2.31 bits per heavy atom. The summed E-state index contributed by atoms with van der Waals surface area (Å²) >= 11 is 0. The van der Waals surface area contributed by atoms with Gasteiger partial charge in [-0.3, -0.25) is 4.79 Å². The van der Waals surface area contributed by atoms with Gasteiger partial charge in [0.2, 0.25) is 15.9 Å². The van der Waals surface area contributed by atoms with Gasteiger partial charge in [0, 0.05) is 20.5 Å². The Kier molecular flexibility index (Phi) is 7.20. The predicted octanol–water partition coefficient (Wildman–Crippen LogP) is 2.14. The second kappa shape index (κ2) is 8.97. The van der Waals surface area contributed by atoms with Gasteiger partial charge in [0.05, 0.1) is 10.9 Å². The van der Waals surface area contributed by atoms with Gasteiger partial charge in [0.1, 0.15) is 0 Å². The first kappa shape index (κ1) is 20.9. The molecule has 0 aliphatic carbocycles. The number of hydrogen-bond donors (Lipinski definition) is 2. The highest BCUT2D eigenvalue weighted by Gasteiger charge is 2.23. The van der Waals surface area contributed by atoms with Crippen LogP contribution in [-0.4, -0.2) is 45.8 Å². The molecule has 1 heterocycles. The maximum atomic E-state index is 12.4. The van der Waals surface area contributed by atoms with Crippen molar-refractivity contribution < 1.29 is 13.2 Å². The molecule has 6 nitrogen and oxygen atoms in total. The molecule has 1 aromatic carbocycles. The zero-order valence-electron chi connectivity index (χ0n) is 16.2. The number of rotatable bonds is 7. The highest BCUT2D eigenvalue weighted by Crippen LogP contribution is 2.25. The van der Waals surface area contributed by atoms with E-state index in [0.29, 0.717) is 18.3 Å². The van der Waals surface area contributed by atoms with Gasteiger partial charge in [0.25, 0.3) is 0 Å². The molecule has 1 fully saturated rings. The highest BCUT2D eigenvalue weighted by atomic mass is 32.2. The Labute approximate surface area is 157 Å². The number of carbonyl (C=O) groups excluding carboxylic acids is 1. The normalized spacial score (nSPS) is 18.5. The minimum Gasteiger partial charge on any atom is -0.350 e. The van der Waals surface area contributed by atoms with Crippen LogP contribution in [-0.2, 0) is 14.8 Å². The summed E-state index contributed by atoms with van der Waals surface area (Å²) in [7, 11) is -0.411. The second-order valence-corrected chi connectivity index (χ2v) is 9.57. The molecule has 0 aromatic heterocycles. The third-order valence-electron chi connectivity index (χ3n) is 5.23. The van der Waals surface area contributed by atoms with Gasteiger partial charge in [0.15, 0.2) is 0 Å². The van der Waals surface area contributed by atoms with Crippen LogP contribution in [0.4, 0.5) is 0 Å². The van der Waals surface area contributed by atoms with Crippen LogP contribution in [0.5, 0.6) is 0 Å². The van der Waals surface area contributed by atoms with Crippen molar-refractivity contribution in [3.63, 3.8) is 0 Å². The number of amides is 1. The van der Waals surface area contributed by atoms with E-state index in [4.69, 9.17) is 0 Å². The fourth-order valence-corrected chi connectivity index (χ4v) is 4.30. The molecule has 7 heteroatoms. The standard InChI is InChI=1S/C19H31N3O3S/c1-14(16-9-11-20-12-10-16)13-19(23)21-15(2)17-5-7-18(8-6-17)26(24,25)22(3)4/h5-8,14-16,20H,9-13H2,1-4H3,(H,21,23). The molecule has 1 saturated heterocycles. The van der Waals surface area contributed by atoms with Gasteiger partial charge in [-0.25, -0.2) is 12.7 Å². The third-order valence-corrected chi connectivity index (χ3v) is 7.06. The van der Waals surface area contributed by atoms with E-state index >= 15 is 0 Å². The van der Waals surface area contributed by atoms with Crippen LogP contribution in [0.15, 0.2) is 29.2 Å². The zero-order valence-corrected chi connectivity index (χ0v) is 17.0. The van der Waals surface area contributed by atoms with E-state index in [1.165, 1.54) is 18.4 Å². The Morgan fingerprint density at radius 2 is 1.77 bits per heavy atom. The lowest BCUT2D eigenvalue weighted by atomic mass is 9.84. The van der Waals surface area contributed by atoms with Gasteiger partial charge in [-0.15, -0.1) is 0 Å². The van der Waals surface area contributed by atoms with Crippen molar-refractivity contribution >= 4 is 15.9 Å². The van der Waals surface area contributed by atoms with Crippen LogP contribution in [0, 0.1) is 11.8 Å². The van der Waals surface area contributed by atoms with Crippen molar-refractivity contribution in [1.82, 2.24) is 14.9 Å². The zero-order chi connectivity index (χ0) is 19.3. The first-order valence-electron chi connectivity index (χ1n) is 9.24. The molecule has 26 heavy (non-hydrogen) atoms. The Morgan fingerprint density at radius 1 is 1.19 bits per heavy atom. The topological polar surface area (TPSA) is 78.5 Å². The molecular formula is C19H31N3O3S. The molecule has 0 bridgehead atoms. The van der Waals surface area contributed by atoms with Crippen molar-refractivity contribution in [3.05, 3.63) is 29.8 Å². The fraction of sp³-hybridized carbons (Fsp3) is 0.632. The van der Waals surface area contributed by atoms with E-state index in [1.807, 2.05) is 6.92 Å². The molecule has 1 amide bonds. The van der Waals surface area contributed by atoms with Crippen LogP contribution >= 0.6 is 0 Å². The lowest BCUT2D eigenvalue weighted by Crippen LogP contribution is -2.34. The monoisotopic (exact) mass is 381 g/mol. The number of nitrogens with one attached hydrogen (secondary N) is 2. The van der Waals surface area contributed by atoms with E-state index in [2.05, 4.69) is 17.6 Å². The van der Waals surface area contributed by atoms with Crippen LogP contribution in [0.2, 0.25) is 0 Å². The molecule has 0 spiro atoms. The van der Waals surface area contributed by atoms with Gasteiger partial charge >= 0.3 is 0 Å². The molecule has 1 aromatic rings. The molecule has 0 radical (unpaired) electrons. The van der Waals surface area contributed by atoms with Crippen molar-refractivity contribution in [2.24, 2.45) is 11.8 Å². The average Bonchev–Trinajstić information content (AvgIpc) is 2.62. The number of benzene rings is 1. The molecule has 146 valence electrons. The predicted molar refractivity (Wildman–Crippen MR) is 103 cm³/mol. The minimum atomic E-state index is -3.43. The largest absolute Gasteiger partial charge is 0.350 e. The van der Waals surface area contributed by atoms with Gasteiger partial charge in [-0.05, 0) is 62.4 Å². The highest BCUT2D eigenvalue weighted by molar-refractivity contribution is 7.89. The van der Waals surface area contributed by atoms with Gasteiger partial charge in [-0.1, -0.05) is 19.1 Å². The molecule has 1 aliphatic rings. The van der Waals surface area contributed by atoms with Crippen molar-refractivity contribution in [2.45, 2.75) is 44.0 Å². The lowest BCUT2D eigenvalue weighted by molar-refractivity contribution is -0.123. The summed E-state index contributed by atoms with van der Waals surface area (Å²) < 4.78 is 25.4. The van der Waals surface area contributed by atoms with Gasteiger partial charge < -0.3 is 10.6 Å². The van der Waals surface area contributed by atoms with Crippen LogP contribution < -0.4 is 10.6 Å². The number of nitrogens with zero attached hydrogens (tertiary/aromatic N) is 1. The van der Waals surface area contributed by atoms with Crippen LogP contribution in [0.25, 0.3) is 0 Å². The SMILES string of the molecule is CC(NC(=O)CC(C)C1CCNCC1)c1ccc(S(=O)(=O)N(C)C)cc1. The number of piperidine rings is 1. The van der Waals surface area contributed by atoms with Crippen molar-refractivity contribution in [2.75, 3.05) is 27.2 Å². The van der Waals surface area contributed by atoms with E-state index in [-0.39, 0.29) is 16.8 Å². The van der Waals surface area contributed by atoms with E-state index in [0.717, 1.165) is 31.5 Å². The van der Waals surface area contributed by atoms with E-state index < -0.39 is 10.0 Å². The maximum Gasteiger partial charge on any atom is 0.242 e. The number of sulfonamides is 1. The molecule has 2 unspecified atom stereocenters. The van der Waals surface area contributed by atoms with Crippen LogP contribution in [0.1, 0.15) is 44.7 Å². The summed E-state index contributed by atoms with van der Waals surface area (Å²) in [6, 6.07) is 6.55. The quantitative estimate of drug-likeness (QED) is 0.758. The molecule has 2 atom stereocenters. The van der Waals surface area contributed by atoms with Gasteiger partial charge in [-0.2, -0.15) is 0 Å². The fourth-order valence-electron chi connectivity index (χ4n) is 3.40. The molecule has 2 rings (SSSR count). The van der Waals surface area contributed by atoms with Crippen molar-refractivity contribution in [3.8, 4) is 0 Å². The molecule has 2 N–H and O–H groups in total. The summed E-state index contributed by atoms with van der Waals surface area (Å²) in [6.45, 7) is 6.15. The summed E-state index contributed by atoms with van der Waals surface area (Å²) in [5, 5.41) is 6.38. The number of carbonyl (C=O) groups is 1. The molecular weight excluding hydrogens is 350 g/mol. The Hall–Kier alpha value is -1.44. The maximum absolute atomic E-state index is 12.4. The van der Waals surface area contributed by atoms with E-state index in [9.17, 15) is 13.2 Å². The first-order chi connectivity index (χ1) is 12.2. The minimum absolute atomic E-state index is 0.0496. The van der Waals surface area contributed by atoms with Crippen molar-refractivity contribution in [1.29, 1.82) is 0 Å². The summed E-state index contributed by atoms with van der Waals surface area (Å²) in [4.78, 5) is 12.6. The summed E-state index contributed by atoms with van der Waals surface area (Å²) in [6.07, 6.45) is 2.79. The number of hydrogen-bond acceptors (Lipinski definition) is 4. The smallest absolute Gasteiger partial charge is 0.242 e. The second-order valence-electron chi connectivity index (χ2n) is 7.41.